The Morgan fingerprint density at radius 1 is 1.24 bits per heavy atom. The van der Waals surface area contributed by atoms with E-state index in [0.717, 1.165) is 18.4 Å². The van der Waals surface area contributed by atoms with Crippen LogP contribution in [0.15, 0.2) is 30.3 Å². The summed E-state index contributed by atoms with van der Waals surface area (Å²) in [5.41, 5.74) is 1.12. The molecule has 3 amide bonds. The van der Waals surface area contributed by atoms with Gasteiger partial charge in [0, 0.05) is 6.54 Å². The van der Waals surface area contributed by atoms with Crippen LogP contribution in [-0.4, -0.2) is 59.9 Å². The maximum absolute atomic E-state index is 12.4. The molecule has 0 bridgehead atoms. The first-order chi connectivity index (χ1) is 10.1. The quantitative estimate of drug-likeness (QED) is 0.792. The highest BCUT2D eigenvalue weighted by atomic mass is 16.2. The molecule has 0 aliphatic carbocycles. The molecule has 1 aromatic carbocycles. The van der Waals surface area contributed by atoms with Crippen LogP contribution >= 0.6 is 0 Å². The number of benzene rings is 1. The van der Waals surface area contributed by atoms with Gasteiger partial charge in [0.15, 0.2) is 0 Å². The molecule has 0 spiro atoms. The Hall–Kier alpha value is -1.88. The molecule has 0 saturated carbocycles. The molecule has 0 aromatic heterocycles. The van der Waals surface area contributed by atoms with Gasteiger partial charge in [-0.1, -0.05) is 30.3 Å². The van der Waals surface area contributed by atoms with Crippen LogP contribution in [0, 0.1) is 0 Å². The first-order valence-electron chi connectivity index (χ1n) is 7.43. The van der Waals surface area contributed by atoms with E-state index in [1.165, 1.54) is 4.90 Å². The number of urea groups is 1. The number of imide groups is 1. The van der Waals surface area contributed by atoms with Crippen LogP contribution in [0.25, 0.3) is 0 Å². The summed E-state index contributed by atoms with van der Waals surface area (Å²) in [7, 11) is 3.95. The van der Waals surface area contributed by atoms with Gasteiger partial charge in [0.2, 0.25) is 0 Å². The Balaban J connectivity index is 1.81. The van der Waals surface area contributed by atoms with E-state index in [-0.39, 0.29) is 24.0 Å². The molecule has 1 unspecified atom stereocenters. The number of hydrogen-bond acceptors (Lipinski definition) is 3. The van der Waals surface area contributed by atoms with Crippen LogP contribution in [0.3, 0.4) is 0 Å². The molecular formula is C16H21N3O2. The molecule has 112 valence electrons. The zero-order valence-corrected chi connectivity index (χ0v) is 12.5. The van der Waals surface area contributed by atoms with Crippen molar-refractivity contribution >= 4 is 11.9 Å². The summed E-state index contributed by atoms with van der Waals surface area (Å²) >= 11 is 0. The summed E-state index contributed by atoms with van der Waals surface area (Å²) in [6.45, 7) is 1.13. The molecule has 5 heteroatoms. The van der Waals surface area contributed by atoms with Crippen LogP contribution in [-0.2, 0) is 4.79 Å². The Labute approximate surface area is 125 Å². The molecule has 2 aliphatic rings. The third-order valence-electron chi connectivity index (χ3n) is 4.44. The molecule has 0 N–H and O–H groups in total. The fraction of sp³-hybridized carbons (Fsp3) is 0.500. The zero-order chi connectivity index (χ0) is 15.0. The Morgan fingerprint density at radius 3 is 2.57 bits per heavy atom. The van der Waals surface area contributed by atoms with Crippen LogP contribution in [0.4, 0.5) is 4.79 Å². The minimum atomic E-state index is -0.212. The summed E-state index contributed by atoms with van der Waals surface area (Å²) in [6.07, 6.45) is 1.74. The van der Waals surface area contributed by atoms with E-state index < -0.39 is 0 Å². The second-order valence-electron chi connectivity index (χ2n) is 5.97. The predicted molar refractivity (Wildman–Crippen MR) is 79.7 cm³/mol. The third kappa shape index (κ3) is 2.42. The summed E-state index contributed by atoms with van der Waals surface area (Å²) < 4.78 is 0. The largest absolute Gasteiger partial charge is 0.327 e. The van der Waals surface area contributed by atoms with Crippen molar-refractivity contribution in [3.8, 4) is 0 Å². The van der Waals surface area contributed by atoms with Crippen molar-refractivity contribution < 1.29 is 9.59 Å². The van der Waals surface area contributed by atoms with Gasteiger partial charge in [-0.05, 0) is 32.5 Å². The second-order valence-corrected chi connectivity index (χ2v) is 5.97. The van der Waals surface area contributed by atoms with E-state index in [4.69, 9.17) is 0 Å². The summed E-state index contributed by atoms with van der Waals surface area (Å²) in [4.78, 5) is 30.0. The Bertz CT molecular complexity index is 522. The summed E-state index contributed by atoms with van der Waals surface area (Å²) in [5.74, 6) is -0.0275. The lowest BCUT2D eigenvalue weighted by Gasteiger charge is -2.28. The molecule has 2 fully saturated rings. The first kappa shape index (κ1) is 14.1. The molecular weight excluding hydrogens is 266 g/mol. The molecule has 21 heavy (non-hydrogen) atoms. The number of carbonyl (C=O) groups excluding carboxylic acids is 2. The van der Waals surface area contributed by atoms with E-state index in [1.807, 2.05) is 44.4 Å². The molecule has 0 radical (unpaired) electrons. The molecule has 2 saturated heterocycles. The first-order valence-corrected chi connectivity index (χ1v) is 7.43. The van der Waals surface area contributed by atoms with Crippen molar-refractivity contribution in [2.75, 3.05) is 27.2 Å². The predicted octanol–water partition coefficient (Wildman–Crippen LogP) is 1.72. The van der Waals surface area contributed by atoms with Crippen molar-refractivity contribution in [3.63, 3.8) is 0 Å². The number of likely N-dealkylation sites (N-methyl/N-ethyl adjacent to an activating group) is 1. The number of fused-ring (bicyclic) bond motifs is 1. The van der Waals surface area contributed by atoms with Gasteiger partial charge in [-0.2, -0.15) is 0 Å². The van der Waals surface area contributed by atoms with Gasteiger partial charge in [0.1, 0.15) is 6.04 Å². The lowest BCUT2D eigenvalue weighted by atomic mass is 10.1. The smallest absolute Gasteiger partial charge is 0.312 e. The highest BCUT2D eigenvalue weighted by molar-refractivity contribution is 6.04. The third-order valence-corrected chi connectivity index (χ3v) is 4.44. The van der Waals surface area contributed by atoms with Gasteiger partial charge in [-0.25, -0.2) is 4.79 Å². The van der Waals surface area contributed by atoms with Crippen molar-refractivity contribution in [2.45, 2.75) is 24.9 Å². The average Bonchev–Trinajstić information content (AvgIpc) is 3.03. The van der Waals surface area contributed by atoms with Gasteiger partial charge >= 0.3 is 6.03 Å². The van der Waals surface area contributed by atoms with Crippen molar-refractivity contribution in [3.05, 3.63) is 35.9 Å². The average molecular weight is 287 g/mol. The number of hydrogen-bond donors (Lipinski definition) is 0. The SMILES string of the molecule is CN(C)C(CN1C(=O)[C@H]2CCCN2C1=O)c1ccccc1. The van der Waals surface area contributed by atoms with Crippen LogP contribution in [0.2, 0.25) is 0 Å². The number of rotatable bonds is 4. The second kappa shape index (κ2) is 5.48. The number of amides is 3. The van der Waals surface area contributed by atoms with Crippen molar-refractivity contribution in [1.82, 2.24) is 14.7 Å². The van der Waals surface area contributed by atoms with E-state index in [0.29, 0.717) is 13.1 Å². The monoisotopic (exact) mass is 287 g/mol. The van der Waals surface area contributed by atoms with Gasteiger partial charge in [0.05, 0.1) is 12.6 Å². The van der Waals surface area contributed by atoms with Gasteiger partial charge < -0.3 is 9.80 Å². The van der Waals surface area contributed by atoms with Crippen LogP contribution < -0.4 is 0 Å². The normalized spacial score (nSPS) is 23.1. The Morgan fingerprint density at radius 2 is 1.95 bits per heavy atom. The molecule has 3 rings (SSSR count). The topological polar surface area (TPSA) is 43.9 Å². The van der Waals surface area contributed by atoms with Crippen LogP contribution in [0.1, 0.15) is 24.4 Å². The van der Waals surface area contributed by atoms with Crippen molar-refractivity contribution in [1.29, 1.82) is 0 Å². The Kier molecular flexibility index (Phi) is 3.68. The molecule has 2 heterocycles. The molecule has 1 aromatic rings. The highest BCUT2D eigenvalue weighted by Crippen LogP contribution is 2.29. The van der Waals surface area contributed by atoms with E-state index in [2.05, 4.69) is 4.90 Å². The molecule has 2 atom stereocenters. The summed E-state index contributed by atoms with van der Waals surface area (Å²) in [5, 5.41) is 0. The minimum Gasteiger partial charge on any atom is -0.312 e. The molecule has 2 aliphatic heterocycles. The lowest BCUT2D eigenvalue weighted by molar-refractivity contribution is -0.128. The van der Waals surface area contributed by atoms with Crippen molar-refractivity contribution in [2.24, 2.45) is 0 Å². The minimum absolute atomic E-state index is 0.0270. The maximum Gasteiger partial charge on any atom is 0.327 e. The lowest BCUT2D eigenvalue weighted by Crippen LogP contribution is -2.40. The van der Waals surface area contributed by atoms with E-state index >= 15 is 0 Å². The van der Waals surface area contributed by atoms with Gasteiger partial charge in [0.25, 0.3) is 5.91 Å². The van der Waals surface area contributed by atoms with Gasteiger partial charge in [-0.15, -0.1) is 0 Å². The van der Waals surface area contributed by atoms with E-state index in [1.54, 1.807) is 4.90 Å². The fourth-order valence-electron chi connectivity index (χ4n) is 3.26. The number of nitrogens with zero attached hydrogens (tertiary/aromatic N) is 3. The standard InChI is InChI=1S/C16H21N3O2/c1-17(2)14(12-7-4-3-5-8-12)11-19-15(20)13-9-6-10-18(13)16(19)21/h3-5,7-8,13-14H,6,9-11H2,1-2H3/t13-,14?/m1/s1. The molecule has 5 nitrogen and oxygen atoms in total. The van der Waals surface area contributed by atoms with Crippen LogP contribution in [0.5, 0.6) is 0 Å². The number of carbonyl (C=O) groups is 2. The zero-order valence-electron chi connectivity index (χ0n) is 12.5. The maximum atomic E-state index is 12.4. The fourth-order valence-corrected chi connectivity index (χ4v) is 3.26. The van der Waals surface area contributed by atoms with E-state index in [9.17, 15) is 9.59 Å². The van der Waals surface area contributed by atoms with Gasteiger partial charge in [-0.3, -0.25) is 9.69 Å². The highest BCUT2D eigenvalue weighted by Gasteiger charge is 2.47. The summed E-state index contributed by atoms with van der Waals surface area (Å²) in [6, 6.07) is 9.71.